The van der Waals surface area contributed by atoms with Crippen LogP contribution in [0.3, 0.4) is 0 Å². The summed E-state index contributed by atoms with van der Waals surface area (Å²) in [6, 6.07) is 4.31. The number of rotatable bonds is 7. The van der Waals surface area contributed by atoms with Gasteiger partial charge >= 0.3 is 0 Å². The van der Waals surface area contributed by atoms with Crippen molar-refractivity contribution in [1.29, 1.82) is 0 Å². The van der Waals surface area contributed by atoms with Gasteiger partial charge in [0.2, 0.25) is 0 Å². The Kier molecular flexibility index (Phi) is 10.5. The van der Waals surface area contributed by atoms with E-state index in [9.17, 15) is 0 Å². The second-order valence-corrected chi connectivity index (χ2v) is 4.46. The molecule has 5 nitrogen and oxygen atoms in total. The topological polar surface area (TPSA) is 52.8 Å². The van der Waals surface area contributed by atoms with Gasteiger partial charge in [0.25, 0.3) is 0 Å². The molecule has 2 N–H and O–H groups in total. The largest absolute Gasteiger partial charge is 0.467 e. The number of nitrogens with zero attached hydrogens (tertiary/aromatic N) is 2. The van der Waals surface area contributed by atoms with Crippen LogP contribution in [0.2, 0.25) is 0 Å². The van der Waals surface area contributed by atoms with Crippen LogP contribution >= 0.6 is 24.0 Å². The van der Waals surface area contributed by atoms with Crippen LogP contribution in [0.1, 0.15) is 26.5 Å². The standard InChI is InChI=1S/C14H26N4O.HI/c1-5-18(6-2)12(3)10-16-14(15-4)17-11-13-8-7-9-19-13;/h7-9,12H,5-6,10-11H2,1-4H3,(H2,15,16,17);1H. The lowest BCUT2D eigenvalue weighted by atomic mass is 10.3. The van der Waals surface area contributed by atoms with Crippen LogP contribution in [0.5, 0.6) is 0 Å². The minimum atomic E-state index is 0. The molecule has 1 aromatic rings. The molecule has 1 atom stereocenters. The second-order valence-electron chi connectivity index (χ2n) is 4.46. The lowest BCUT2D eigenvalue weighted by Gasteiger charge is -2.27. The Morgan fingerprint density at radius 2 is 2.05 bits per heavy atom. The number of furan rings is 1. The van der Waals surface area contributed by atoms with E-state index in [0.717, 1.165) is 31.4 Å². The maximum absolute atomic E-state index is 5.27. The van der Waals surface area contributed by atoms with Gasteiger partial charge in [0.1, 0.15) is 5.76 Å². The molecule has 1 aromatic heterocycles. The number of hydrogen-bond acceptors (Lipinski definition) is 3. The summed E-state index contributed by atoms with van der Waals surface area (Å²) in [5, 5.41) is 6.57. The third-order valence-electron chi connectivity index (χ3n) is 3.23. The van der Waals surface area contributed by atoms with E-state index in [0.29, 0.717) is 12.6 Å². The summed E-state index contributed by atoms with van der Waals surface area (Å²) in [6.07, 6.45) is 1.68. The molecule has 1 heterocycles. The Morgan fingerprint density at radius 3 is 2.55 bits per heavy atom. The third kappa shape index (κ3) is 6.60. The van der Waals surface area contributed by atoms with E-state index in [-0.39, 0.29) is 24.0 Å². The molecule has 1 unspecified atom stereocenters. The van der Waals surface area contributed by atoms with Gasteiger partial charge in [-0.1, -0.05) is 13.8 Å². The fourth-order valence-corrected chi connectivity index (χ4v) is 2.03. The normalized spacial score (nSPS) is 12.9. The number of likely N-dealkylation sites (N-methyl/N-ethyl adjacent to an activating group) is 1. The van der Waals surface area contributed by atoms with E-state index >= 15 is 0 Å². The van der Waals surface area contributed by atoms with Crippen molar-refractivity contribution in [3.63, 3.8) is 0 Å². The zero-order chi connectivity index (χ0) is 14.1. The van der Waals surface area contributed by atoms with Gasteiger partial charge in [-0.15, -0.1) is 24.0 Å². The van der Waals surface area contributed by atoms with Crippen LogP contribution in [0.15, 0.2) is 27.8 Å². The second kappa shape index (κ2) is 11.0. The first-order valence-corrected chi connectivity index (χ1v) is 6.92. The molecule has 116 valence electrons. The number of hydrogen-bond donors (Lipinski definition) is 2. The Morgan fingerprint density at radius 1 is 1.35 bits per heavy atom. The average molecular weight is 394 g/mol. The highest BCUT2D eigenvalue weighted by atomic mass is 127. The first kappa shape index (κ1) is 19.2. The van der Waals surface area contributed by atoms with Gasteiger partial charge in [0.15, 0.2) is 5.96 Å². The molecule has 0 aliphatic heterocycles. The van der Waals surface area contributed by atoms with Crippen LogP contribution in [0, 0.1) is 0 Å². The van der Waals surface area contributed by atoms with E-state index in [2.05, 4.69) is 41.3 Å². The van der Waals surface area contributed by atoms with Gasteiger partial charge in [0.05, 0.1) is 12.8 Å². The van der Waals surface area contributed by atoms with E-state index in [4.69, 9.17) is 4.42 Å². The maximum atomic E-state index is 5.27. The Hall–Kier alpha value is -0.760. The molecule has 20 heavy (non-hydrogen) atoms. The summed E-state index contributed by atoms with van der Waals surface area (Å²) < 4.78 is 5.27. The first-order valence-electron chi connectivity index (χ1n) is 6.92. The number of nitrogens with one attached hydrogen (secondary N) is 2. The van der Waals surface area contributed by atoms with Crippen LogP contribution in [0.25, 0.3) is 0 Å². The lowest BCUT2D eigenvalue weighted by molar-refractivity contribution is 0.231. The zero-order valence-corrected chi connectivity index (χ0v) is 15.2. The van der Waals surface area contributed by atoms with Gasteiger partial charge in [-0.25, -0.2) is 0 Å². The van der Waals surface area contributed by atoms with Crippen molar-refractivity contribution in [2.24, 2.45) is 4.99 Å². The highest BCUT2D eigenvalue weighted by molar-refractivity contribution is 14.0. The van der Waals surface area contributed by atoms with Gasteiger partial charge in [0, 0.05) is 19.6 Å². The van der Waals surface area contributed by atoms with Crippen molar-refractivity contribution in [1.82, 2.24) is 15.5 Å². The van der Waals surface area contributed by atoms with Crippen molar-refractivity contribution in [2.45, 2.75) is 33.4 Å². The summed E-state index contributed by atoms with van der Waals surface area (Å²) in [6.45, 7) is 10.2. The van der Waals surface area contributed by atoms with Crippen molar-refractivity contribution in [3.8, 4) is 0 Å². The van der Waals surface area contributed by atoms with E-state index < -0.39 is 0 Å². The molecule has 0 radical (unpaired) electrons. The van der Waals surface area contributed by atoms with Crippen LogP contribution in [-0.2, 0) is 6.54 Å². The van der Waals surface area contributed by atoms with Gasteiger partial charge in [-0.2, -0.15) is 0 Å². The predicted molar refractivity (Wildman–Crippen MR) is 94.7 cm³/mol. The Bertz CT molecular complexity index is 363. The van der Waals surface area contributed by atoms with E-state index in [1.54, 1.807) is 13.3 Å². The van der Waals surface area contributed by atoms with Crippen LogP contribution in [0.4, 0.5) is 0 Å². The number of guanidine groups is 1. The summed E-state index contributed by atoms with van der Waals surface area (Å²) in [4.78, 5) is 6.61. The minimum absolute atomic E-state index is 0. The molecular weight excluding hydrogens is 367 g/mol. The number of halogens is 1. The SMILES string of the molecule is CCN(CC)C(C)CNC(=NC)NCc1ccco1.I. The molecule has 0 saturated carbocycles. The van der Waals surface area contributed by atoms with Gasteiger partial charge in [-0.05, 0) is 32.1 Å². The van der Waals surface area contributed by atoms with Crippen LogP contribution in [-0.4, -0.2) is 43.6 Å². The molecule has 0 aliphatic carbocycles. The number of aliphatic imine (C=N–C) groups is 1. The summed E-state index contributed by atoms with van der Waals surface area (Å²) in [5.74, 6) is 1.70. The molecule has 0 saturated heterocycles. The smallest absolute Gasteiger partial charge is 0.191 e. The van der Waals surface area contributed by atoms with Gasteiger partial charge < -0.3 is 15.1 Å². The molecule has 0 spiro atoms. The van der Waals surface area contributed by atoms with Crippen molar-refractivity contribution >= 4 is 29.9 Å². The Labute approximate surface area is 139 Å². The minimum Gasteiger partial charge on any atom is -0.467 e. The quantitative estimate of drug-likeness (QED) is 0.423. The predicted octanol–water partition coefficient (Wildman–Crippen LogP) is 2.29. The van der Waals surface area contributed by atoms with E-state index in [1.165, 1.54) is 0 Å². The highest BCUT2D eigenvalue weighted by Gasteiger charge is 2.10. The summed E-state index contributed by atoms with van der Waals surface area (Å²) >= 11 is 0. The maximum Gasteiger partial charge on any atom is 0.191 e. The van der Waals surface area contributed by atoms with Crippen molar-refractivity contribution in [2.75, 3.05) is 26.7 Å². The third-order valence-corrected chi connectivity index (χ3v) is 3.23. The fourth-order valence-electron chi connectivity index (χ4n) is 2.03. The fraction of sp³-hybridized carbons (Fsp3) is 0.643. The first-order chi connectivity index (χ1) is 9.21. The summed E-state index contributed by atoms with van der Waals surface area (Å²) in [7, 11) is 1.78. The average Bonchev–Trinajstić information content (AvgIpc) is 2.93. The molecule has 0 bridgehead atoms. The molecule has 0 amide bonds. The molecule has 0 aromatic carbocycles. The lowest BCUT2D eigenvalue weighted by Crippen LogP contribution is -2.45. The van der Waals surface area contributed by atoms with E-state index in [1.807, 2.05) is 12.1 Å². The monoisotopic (exact) mass is 394 g/mol. The summed E-state index contributed by atoms with van der Waals surface area (Å²) in [5.41, 5.74) is 0. The van der Waals surface area contributed by atoms with Crippen LogP contribution < -0.4 is 10.6 Å². The molecule has 1 rings (SSSR count). The van der Waals surface area contributed by atoms with Crippen molar-refractivity contribution in [3.05, 3.63) is 24.2 Å². The molecule has 0 fully saturated rings. The molecule has 6 heteroatoms. The molecule has 0 aliphatic rings. The zero-order valence-electron chi connectivity index (χ0n) is 12.8. The molecular formula is C14H27IN4O. The van der Waals surface area contributed by atoms with Crippen molar-refractivity contribution < 1.29 is 4.42 Å². The highest BCUT2D eigenvalue weighted by Crippen LogP contribution is 1.99. The Balaban J connectivity index is 0.00000361. The van der Waals surface area contributed by atoms with Gasteiger partial charge in [-0.3, -0.25) is 9.89 Å².